The van der Waals surface area contributed by atoms with Crippen molar-refractivity contribution in [3.05, 3.63) is 23.3 Å². The van der Waals surface area contributed by atoms with Crippen LogP contribution in [-0.2, 0) is 22.4 Å². The Labute approximate surface area is 114 Å². The van der Waals surface area contributed by atoms with E-state index in [-0.39, 0.29) is 0 Å². The normalized spacial score (nSPS) is 14.8. The number of rotatable bonds is 9. The number of ether oxygens (including phenoxy) is 2. The van der Waals surface area contributed by atoms with Crippen molar-refractivity contribution in [1.29, 1.82) is 0 Å². The van der Waals surface area contributed by atoms with Crippen molar-refractivity contribution in [3.8, 4) is 0 Å². The van der Waals surface area contributed by atoms with Crippen LogP contribution in [0.3, 0.4) is 0 Å². The predicted octanol–water partition coefficient (Wildman–Crippen LogP) is 1.24. The second kappa shape index (κ2) is 7.53. The van der Waals surface area contributed by atoms with Crippen LogP contribution < -0.4 is 5.32 Å². The van der Waals surface area contributed by atoms with Gasteiger partial charge < -0.3 is 14.8 Å². The standard InChI is InChI=1S/C14H23N3O2/c1-11-9-13(10-15-12-3-4-12)17-14(16-11)5-6-19-8-7-18-2/h9,12,15H,3-8,10H2,1-2H3. The summed E-state index contributed by atoms with van der Waals surface area (Å²) in [5.41, 5.74) is 2.10. The van der Waals surface area contributed by atoms with E-state index in [1.54, 1.807) is 7.11 Å². The lowest BCUT2D eigenvalue weighted by molar-refractivity contribution is 0.0716. The average Bonchev–Trinajstić information content (AvgIpc) is 3.20. The summed E-state index contributed by atoms with van der Waals surface area (Å²) in [5, 5.41) is 3.47. The Kier molecular flexibility index (Phi) is 5.69. The summed E-state index contributed by atoms with van der Waals surface area (Å²) in [6.07, 6.45) is 3.34. The minimum atomic E-state index is 0.623. The van der Waals surface area contributed by atoms with Gasteiger partial charge in [-0.1, -0.05) is 0 Å². The summed E-state index contributed by atoms with van der Waals surface area (Å²) in [5.74, 6) is 0.866. The number of nitrogens with one attached hydrogen (secondary N) is 1. The first-order chi connectivity index (χ1) is 9.28. The van der Waals surface area contributed by atoms with E-state index in [2.05, 4.69) is 15.3 Å². The van der Waals surface area contributed by atoms with E-state index in [1.807, 2.05) is 13.0 Å². The fourth-order valence-electron chi connectivity index (χ4n) is 1.85. The van der Waals surface area contributed by atoms with Crippen molar-refractivity contribution >= 4 is 0 Å². The highest BCUT2D eigenvalue weighted by atomic mass is 16.5. The largest absolute Gasteiger partial charge is 0.382 e. The molecule has 0 aliphatic heterocycles. The third-order valence-corrected chi connectivity index (χ3v) is 3.00. The number of aromatic nitrogens is 2. The first-order valence-corrected chi connectivity index (χ1v) is 6.91. The number of nitrogens with zero attached hydrogens (tertiary/aromatic N) is 2. The van der Waals surface area contributed by atoms with Crippen LogP contribution in [0.25, 0.3) is 0 Å². The first-order valence-electron chi connectivity index (χ1n) is 6.91. The summed E-state index contributed by atoms with van der Waals surface area (Å²) >= 11 is 0. The SMILES string of the molecule is COCCOCCc1nc(C)cc(CNC2CC2)n1. The molecule has 1 saturated carbocycles. The number of aryl methyl sites for hydroxylation is 1. The predicted molar refractivity (Wildman–Crippen MR) is 73.0 cm³/mol. The lowest BCUT2D eigenvalue weighted by atomic mass is 10.3. The Balaban J connectivity index is 1.77. The summed E-state index contributed by atoms with van der Waals surface area (Å²) in [4.78, 5) is 9.01. The minimum absolute atomic E-state index is 0.623. The molecular weight excluding hydrogens is 242 g/mol. The summed E-state index contributed by atoms with van der Waals surface area (Å²) < 4.78 is 10.4. The molecule has 1 aromatic rings. The molecule has 0 bridgehead atoms. The van der Waals surface area contributed by atoms with Crippen molar-refractivity contribution in [1.82, 2.24) is 15.3 Å². The van der Waals surface area contributed by atoms with Crippen LogP contribution in [0.5, 0.6) is 0 Å². The molecule has 0 amide bonds. The van der Waals surface area contributed by atoms with Crippen LogP contribution in [-0.4, -0.2) is 42.9 Å². The van der Waals surface area contributed by atoms with Gasteiger partial charge in [-0.15, -0.1) is 0 Å². The molecule has 19 heavy (non-hydrogen) atoms. The Morgan fingerprint density at radius 2 is 2.11 bits per heavy atom. The average molecular weight is 265 g/mol. The van der Waals surface area contributed by atoms with Gasteiger partial charge in [0.25, 0.3) is 0 Å². The molecule has 0 spiro atoms. The molecule has 0 atom stereocenters. The third kappa shape index (κ3) is 5.63. The monoisotopic (exact) mass is 265 g/mol. The number of hydrogen-bond acceptors (Lipinski definition) is 5. The zero-order valence-electron chi connectivity index (χ0n) is 11.8. The summed E-state index contributed by atoms with van der Waals surface area (Å²) in [7, 11) is 1.67. The van der Waals surface area contributed by atoms with E-state index >= 15 is 0 Å². The lowest BCUT2D eigenvalue weighted by Gasteiger charge is -2.07. The van der Waals surface area contributed by atoms with Crippen LogP contribution in [0.2, 0.25) is 0 Å². The van der Waals surface area contributed by atoms with E-state index in [9.17, 15) is 0 Å². The van der Waals surface area contributed by atoms with E-state index in [1.165, 1.54) is 12.8 Å². The van der Waals surface area contributed by atoms with Gasteiger partial charge in [-0.05, 0) is 25.8 Å². The van der Waals surface area contributed by atoms with E-state index in [4.69, 9.17) is 9.47 Å². The molecule has 0 radical (unpaired) electrons. The molecule has 5 nitrogen and oxygen atoms in total. The Bertz CT molecular complexity index is 394. The van der Waals surface area contributed by atoms with Gasteiger partial charge in [0.05, 0.1) is 25.5 Å². The maximum absolute atomic E-state index is 5.45. The van der Waals surface area contributed by atoms with Crippen LogP contribution in [0, 0.1) is 6.92 Å². The fraction of sp³-hybridized carbons (Fsp3) is 0.714. The molecule has 1 aliphatic rings. The maximum atomic E-state index is 5.45. The molecule has 1 aliphatic carbocycles. The molecule has 1 aromatic heterocycles. The molecule has 1 heterocycles. The van der Waals surface area contributed by atoms with Gasteiger partial charge in [0.2, 0.25) is 0 Å². The van der Waals surface area contributed by atoms with Gasteiger partial charge in [-0.2, -0.15) is 0 Å². The smallest absolute Gasteiger partial charge is 0.131 e. The highest BCUT2D eigenvalue weighted by Crippen LogP contribution is 2.19. The van der Waals surface area contributed by atoms with Crippen molar-refractivity contribution in [2.75, 3.05) is 26.9 Å². The minimum Gasteiger partial charge on any atom is -0.382 e. The Morgan fingerprint density at radius 3 is 2.84 bits per heavy atom. The Morgan fingerprint density at radius 1 is 1.26 bits per heavy atom. The van der Waals surface area contributed by atoms with Crippen LogP contribution in [0.15, 0.2) is 6.07 Å². The van der Waals surface area contributed by atoms with Crippen molar-refractivity contribution < 1.29 is 9.47 Å². The molecule has 0 unspecified atom stereocenters. The van der Waals surface area contributed by atoms with Crippen molar-refractivity contribution in [2.45, 2.75) is 38.8 Å². The second-order valence-electron chi connectivity index (χ2n) is 4.93. The van der Waals surface area contributed by atoms with Crippen LogP contribution in [0.1, 0.15) is 30.1 Å². The first kappa shape index (κ1) is 14.4. The van der Waals surface area contributed by atoms with Crippen molar-refractivity contribution in [2.24, 2.45) is 0 Å². The molecule has 5 heteroatoms. The zero-order chi connectivity index (χ0) is 13.5. The Hall–Kier alpha value is -1.04. The van der Waals surface area contributed by atoms with Gasteiger partial charge in [0, 0.05) is 31.8 Å². The number of hydrogen-bond donors (Lipinski definition) is 1. The van der Waals surface area contributed by atoms with Gasteiger partial charge in [-0.3, -0.25) is 0 Å². The quantitative estimate of drug-likeness (QED) is 0.681. The van der Waals surface area contributed by atoms with Gasteiger partial charge >= 0.3 is 0 Å². The fourth-order valence-corrected chi connectivity index (χ4v) is 1.85. The third-order valence-electron chi connectivity index (χ3n) is 3.00. The van der Waals surface area contributed by atoms with Gasteiger partial charge in [0.1, 0.15) is 5.82 Å². The summed E-state index contributed by atoms with van der Waals surface area (Å²) in [6, 6.07) is 2.75. The van der Waals surface area contributed by atoms with Crippen molar-refractivity contribution in [3.63, 3.8) is 0 Å². The zero-order valence-corrected chi connectivity index (χ0v) is 11.8. The second-order valence-corrected chi connectivity index (χ2v) is 4.93. The molecule has 106 valence electrons. The van der Waals surface area contributed by atoms with Gasteiger partial charge in [0.15, 0.2) is 0 Å². The number of methoxy groups -OCH3 is 1. The van der Waals surface area contributed by atoms with Crippen LogP contribution >= 0.6 is 0 Å². The highest BCUT2D eigenvalue weighted by Gasteiger charge is 2.20. The van der Waals surface area contributed by atoms with Gasteiger partial charge in [-0.25, -0.2) is 9.97 Å². The molecule has 0 aromatic carbocycles. The molecule has 1 N–H and O–H groups in total. The van der Waals surface area contributed by atoms with Crippen LogP contribution in [0.4, 0.5) is 0 Å². The lowest BCUT2D eigenvalue weighted by Crippen LogP contribution is -2.17. The van der Waals surface area contributed by atoms with E-state index in [0.717, 1.165) is 30.2 Å². The summed E-state index contributed by atoms with van der Waals surface area (Å²) in [6.45, 7) is 4.75. The molecular formula is C14H23N3O2. The molecule has 2 rings (SSSR count). The highest BCUT2D eigenvalue weighted by molar-refractivity contribution is 5.10. The van der Waals surface area contributed by atoms with E-state index < -0.39 is 0 Å². The molecule has 1 fully saturated rings. The topological polar surface area (TPSA) is 56.3 Å². The molecule has 0 saturated heterocycles. The maximum Gasteiger partial charge on any atom is 0.131 e. The van der Waals surface area contributed by atoms with E-state index in [0.29, 0.717) is 25.9 Å².